The molecule has 3 rings (SSSR count). The minimum absolute atomic E-state index is 0.00137. The van der Waals surface area contributed by atoms with Gasteiger partial charge in [-0.2, -0.15) is 0 Å². The summed E-state index contributed by atoms with van der Waals surface area (Å²) in [6, 6.07) is 7.81. The highest BCUT2D eigenvalue weighted by Gasteiger charge is 2.38. The van der Waals surface area contributed by atoms with E-state index in [4.69, 9.17) is 4.74 Å². The Morgan fingerprint density at radius 1 is 1.13 bits per heavy atom. The van der Waals surface area contributed by atoms with Crippen molar-refractivity contribution in [1.29, 1.82) is 0 Å². The average Bonchev–Trinajstić information content (AvgIpc) is 3.15. The number of nitrogens with zero attached hydrogens (tertiary/aromatic N) is 2. The number of hydrogen-bond donors (Lipinski definition) is 1. The molecule has 7 heteroatoms. The number of ether oxygens (including phenoxy) is 1. The molecule has 0 aliphatic carbocycles. The predicted molar refractivity (Wildman–Crippen MR) is 115 cm³/mol. The number of piperidine rings is 1. The second kappa shape index (κ2) is 10.6. The fraction of sp³-hybridized carbons (Fsp3) is 0.609. The molecule has 0 spiro atoms. The molecular weight excluding hydrogens is 382 g/mol. The Bertz CT molecular complexity index is 741. The van der Waals surface area contributed by atoms with Crippen LogP contribution in [0.25, 0.3) is 0 Å². The number of likely N-dealkylation sites (tertiary alicyclic amines) is 1. The van der Waals surface area contributed by atoms with Gasteiger partial charge in [-0.3, -0.25) is 14.4 Å². The highest BCUT2D eigenvalue weighted by molar-refractivity contribution is 6.00. The molecule has 2 aliphatic rings. The molecule has 0 saturated carbocycles. The fourth-order valence-corrected chi connectivity index (χ4v) is 4.14. The lowest BCUT2D eigenvalue weighted by Gasteiger charge is -2.33. The van der Waals surface area contributed by atoms with Crippen LogP contribution in [0.15, 0.2) is 24.3 Å². The summed E-state index contributed by atoms with van der Waals surface area (Å²) >= 11 is 0. The monoisotopic (exact) mass is 415 g/mol. The van der Waals surface area contributed by atoms with Crippen LogP contribution in [0.4, 0.5) is 5.69 Å². The van der Waals surface area contributed by atoms with E-state index in [-0.39, 0.29) is 36.0 Å². The number of anilines is 1. The first-order valence-electron chi connectivity index (χ1n) is 11.0. The van der Waals surface area contributed by atoms with Gasteiger partial charge in [0.15, 0.2) is 0 Å². The topological polar surface area (TPSA) is 79.0 Å². The molecule has 1 aromatic carbocycles. The first-order chi connectivity index (χ1) is 14.5. The predicted octanol–water partition coefficient (Wildman–Crippen LogP) is 2.13. The number of carbonyl (C=O) groups excluding carboxylic acids is 3. The smallest absolute Gasteiger partial charge is 0.228 e. The number of nitrogens with one attached hydrogen (secondary N) is 1. The van der Waals surface area contributed by atoms with Crippen LogP contribution in [0.3, 0.4) is 0 Å². The maximum absolute atomic E-state index is 13.0. The summed E-state index contributed by atoms with van der Waals surface area (Å²) in [6.45, 7) is 7.51. The van der Waals surface area contributed by atoms with Crippen molar-refractivity contribution in [3.63, 3.8) is 0 Å². The summed E-state index contributed by atoms with van der Waals surface area (Å²) < 4.78 is 5.28. The summed E-state index contributed by atoms with van der Waals surface area (Å²) in [5.41, 5.74) is 1.99. The molecule has 164 valence electrons. The summed E-state index contributed by atoms with van der Waals surface area (Å²) in [4.78, 5) is 41.3. The van der Waals surface area contributed by atoms with Gasteiger partial charge in [-0.25, -0.2) is 0 Å². The lowest BCUT2D eigenvalue weighted by atomic mass is 9.94. The van der Waals surface area contributed by atoms with E-state index in [1.807, 2.05) is 43.0 Å². The SMILES string of the molecule is CCOCCCNC(=O)C1CCN(C(=O)C2CC(=O)N(c3ccc(C)cc3)C2)CC1. The van der Waals surface area contributed by atoms with Crippen molar-refractivity contribution in [3.05, 3.63) is 29.8 Å². The van der Waals surface area contributed by atoms with Crippen molar-refractivity contribution in [1.82, 2.24) is 10.2 Å². The highest BCUT2D eigenvalue weighted by Crippen LogP contribution is 2.28. The number of rotatable bonds is 8. The molecule has 1 atom stereocenters. The highest BCUT2D eigenvalue weighted by atomic mass is 16.5. The van der Waals surface area contributed by atoms with Crippen LogP contribution in [0.5, 0.6) is 0 Å². The van der Waals surface area contributed by atoms with Gasteiger partial charge in [-0.15, -0.1) is 0 Å². The normalized spacial score (nSPS) is 19.9. The Hall–Kier alpha value is -2.41. The van der Waals surface area contributed by atoms with E-state index in [1.54, 1.807) is 4.90 Å². The Balaban J connectivity index is 1.44. The average molecular weight is 416 g/mol. The Kier molecular flexibility index (Phi) is 7.85. The minimum Gasteiger partial charge on any atom is -0.382 e. The lowest BCUT2D eigenvalue weighted by Crippen LogP contribution is -2.45. The molecule has 2 saturated heterocycles. The van der Waals surface area contributed by atoms with Crippen LogP contribution in [0.2, 0.25) is 0 Å². The third-order valence-electron chi connectivity index (χ3n) is 5.97. The van der Waals surface area contributed by atoms with Crippen LogP contribution in [0.1, 0.15) is 38.2 Å². The van der Waals surface area contributed by atoms with Gasteiger partial charge in [0.25, 0.3) is 0 Å². The Morgan fingerprint density at radius 2 is 1.83 bits per heavy atom. The zero-order valence-corrected chi connectivity index (χ0v) is 18.1. The first kappa shape index (κ1) is 22.3. The van der Waals surface area contributed by atoms with Gasteiger partial charge >= 0.3 is 0 Å². The van der Waals surface area contributed by atoms with E-state index in [0.29, 0.717) is 52.2 Å². The number of benzene rings is 1. The van der Waals surface area contributed by atoms with E-state index in [2.05, 4.69) is 5.32 Å². The van der Waals surface area contributed by atoms with Gasteiger partial charge in [0.1, 0.15) is 0 Å². The van der Waals surface area contributed by atoms with Crippen molar-refractivity contribution in [2.24, 2.45) is 11.8 Å². The second-order valence-electron chi connectivity index (χ2n) is 8.18. The largest absolute Gasteiger partial charge is 0.382 e. The molecule has 0 aromatic heterocycles. The van der Waals surface area contributed by atoms with Crippen molar-refractivity contribution < 1.29 is 19.1 Å². The number of carbonyl (C=O) groups is 3. The zero-order valence-electron chi connectivity index (χ0n) is 18.1. The van der Waals surface area contributed by atoms with E-state index in [1.165, 1.54) is 0 Å². The van der Waals surface area contributed by atoms with Gasteiger partial charge in [0.05, 0.1) is 5.92 Å². The number of hydrogen-bond acceptors (Lipinski definition) is 4. The minimum atomic E-state index is -0.303. The van der Waals surface area contributed by atoms with Crippen molar-refractivity contribution in [2.45, 2.75) is 39.5 Å². The van der Waals surface area contributed by atoms with Gasteiger partial charge in [0, 0.05) is 57.4 Å². The van der Waals surface area contributed by atoms with Crippen LogP contribution in [-0.4, -0.2) is 62.0 Å². The Morgan fingerprint density at radius 3 is 2.50 bits per heavy atom. The van der Waals surface area contributed by atoms with Crippen molar-refractivity contribution in [3.8, 4) is 0 Å². The molecule has 2 fully saturated rings. The molecule has 2 aliphatic heterocycles. The second-order valence-corrected chi connectivity index (χ2v) is 8.18. The molecule has 3 amide bonds. The van der Waals surface area contributed by atoms with E-state index >= 15 is 0 Å². The van der Waals surface area contributed by atoms with Crippen LogP contribution >= 0.6 is 0 Å². The van der Waals surface area contributed by atoms with E-state index < -0.39 is 0 Å². The molecule has 0 radical (unpaired) electrons. The van der Waals surface area contributed by atoms with Crippen LogP contribution in [-0.2, 0) is 19.1 Å². The van der Waals surface area contributed by atoms with Gasteiger partial charge < -0.3 is 19.9 Å². The molecule has 30 heavy (non-hydrogen) atoms. The summed E-state index contributed by atoms with van der Waals surface area (Å²) in [5.74, 6) is -0.245. The van der Waals surface area contributed by atoms with Gasteiger partial charge in [-0.1, -0.05) is 17.7 Å². The van der Waals surface area contributed by atoms with Gasteiger partial charge in [0.2, 0.25) is 17.7 Å². The van der Waals surface area contributed by atoms with E-state index in [0.717, 1.165) is 17.7 Å². The van der Waals surface area contributed by atoms with Gasteiger partial charge in [-0.05, 0) is 45.2 Å². The first-order valence-corrected chi connectivity index (χ1v) is 11.0. The maximum Gasteiger partial charge on any atom is 0.228 e. The van der Waals surface area contributed by atoms with E-state index in [9.17, 15) is 14.4 Å². The zero-order chi connectivity index (χ0) is 21.5. The fourth-order valence-electron chi connectivity index (χ4n) is 4.14. The molecule has 1 unspecified atom stereocenters. The Labute approximate surface area is 178 Å². The lowest BCUT2D eigenvalue weighted by molar-refractivity contribution is -0.139. The number of aryl methyl sites for hydroxylation is 1. The van der Waals surface area contributed by atoms with Crippen molar-refractivity contribution in [2.75, 3.05) is 44.3 Å². The standard InChI is InChI=1S/C23H33N3O4/c1-3-30-14-4-11-24-22(28)18-9-12-25(13-10-18)23(29)19-15-21(27)26(16-19)20-7-5-17(2)6-8-20/h5-8,18-19H,3-4,9-16H2,1-2H3,(H,24,28). The molecule has 2 heterocycles. The third-order valence-corrected chi connectivity index (χ3v) is 5.97. The molecule has 1 N–H and O–H groups in total. The molecular formula is C23H33N3O4. The quantitative estimate of drug-likeness (QED) is 0.660. The molecule has 0 bridgehead atoms. The molecule has 7 nitrogen and oxygen atoms in total. The summed E-state index contributed by atoms with van der Waals surface area (Å²) in [5, 5.41) is 2.97. The number of amides is 3. The summed E-state index contributed by atoms with van der Waals surface area (Å²) in [7, 11) is 0. The maximum atomic E-state index is 13.0. The molecule has 1 aromatic rings. The van der Waals surface area contributed by atoms with Crippen LogP contribution in [0, 0.1) is 18.8 Å². The van der Waals surface area contributed by atoms with Crippen molar-refractivity contribution >= 4 is 23.4 Å². The third kappa shape index (κ3) is 5.59. The van der Waals surface area contributed by atoms with Crippen LogP contribution < -0.4 is 10.2 Å². The summed E-state index contributed by atoms with van der Waals surface area (Å²) in [6.07, 6.45) is 2.41.